The van der Waals surface area contributed by atoms with Gasteiger partial charge in [0.15, 0.2) is 0 Å². The van der Waals surface area contributed by atoms with Crippen LogP contribution in [0.25, 0.3) is 22.3 Å². The van der Waals surface area contributed by atoms with Crippen LogP contribution < -0.4 is 5.32 Å². The van der Waals surface area contributed by atoms with Gasteiger partial charge in [0, 0.05) is 18.2 Å². The second-order valence-electron chi connectivity index (χ2n) is 10.00. The molecule has 4 aromatic rings. The van der Waals surface area contributed by atoms with Crippen molar-refractivity contribution < 1.29 is 1.37 Å². The lowest BCUT2D eigenvalue weighted by molar-refractivity contribution is 0.659. The number of hydrogen-bond donors (Lipinski definition) is 1. The van der Waals surface area contributed by atoms with Crippen molar-refractivity contribution in [3.05, 3.63) is 108 Å². The van der Waals surface area contributed by atoms with Gasteiger partial charge < -0.3 is 5.32 Å². The van der Waals surface area contributed by atoms with E-state index in [0.717, 1.165) is 42.6 Å². The van der Waals surface area contributed by atoms with E-state index >= 15 is 0 Å². The third-order valence-corrected chi connectivity index (χ3v) is 7.56. The van der Waals surface area contributed by atoms with Crippen molar-refractivity contribution in [2.24, 2.45) is 0 Å². The van der Waals surface area contributed by atoms with Crippen molar-refractivity contribution >= 4 is 11.4 Å². The number of anilines is 2. The summed E-state index contributed by atoms with van der Waals surface area (Å²) in [6.45, 7) is 4.65. The van der Waals surface area contributed by atoms with Gasteiger partial charge in [-0.1, -0.05) is 93.4 Å². The highest BCUT2D eigenvalue weighted by Gasteiger charge is 2.36. The molecule has 0 spiro atoms. The second kappa shape index (κ2) is 7.92. The minimum absolute atomic E-state index is 0.0579. The molecule has 6 rings (SSSR count). The Morgan fingerprint density at radius 3 is 2.27 bits per heavy atom. The molecule has 1 saturated carbocycles. The van der Waals surface area contributed by atoms with Crippen molar-refractivity contribution in [2.75, 3.05) is 5.32 Å². The maximum atomic E-state index is 9.41. The molecule has 0 atom stereocenters. The van der Waals surface area contributed by atoms with E-state index in [1.165, 1.54) is 33.4 Å². The molecule has 1 N–H and O–H groups in total. The Morgan fingerprint density at radius 2 is 1.45 bits per heavy atom. The molecule has 1 fully saturated rings. The highest BCUT2D eigenvalue weighted by molar-refractivity contribution is 5.85. The van der Waals surface area contributed by atoms with Crippen molar-refractivity contribution in [2.45, 2.75) is 50.8 Å². The van der Waals surface area contributed by atoms with Crippen molar-refractivity contribution in [1.29, 1.82) is 0 Å². The van der Waals surface area contributed by atoms with E-state index < -0.39 is 5.89 Å². The largest absolute Gasteiger partial charge is 0.355 e. The fourth-order valence-electron chi connectivity index (χ4n) is 5.78. The topological polar surface area (TPSA) is 12.0 Å². The van der Waals surface area contributed by atoms with Crippen LogP contribution in [0.1, 0.15) is 63.5 Å². The zero-order chi connectivity index (χ0) is 23.3. The quantitative estimate of drug-likeness (QED) is 0.340. The summed E-state index contributed by atoms with van der Waals surface area (Å²) >= 11 is 0. The van der Waals surface area contributed by atoms with Gasteiger partial charge in [-0.2, -0.15) is 0 Å². The molecule has 0 bridgehead atoms. The van der Waals surface area contributed by atoms with E-state index in [1.807, 2.05) is 0 Å². The molecule has 2 aliphatic rings. The number of nitrogens with one attached hydrogen (secondary N) is 1. The lowest BCUT2D eigenvalue weighted by Gasteiger charge is -2.24. The van der Waals surface area contributed by atoms with Gasteiger partial charge in [0.2, 0.25) is 0 Å². The number of hydrogen-bond acceptors (Lipinski definition) is 1. The van der Waals surface area contributed by atoms with Crippen molar-refractivity contribution in [1.82, 2.24) is 0 Å². The Labute approximate surface area is 198 Å². The summed E-state index contributed by atoms with van der Waals surface area (Å²) in [6, 6.07) is 32.6. The number of benzene rings is 4. The zero-order valence-electron chi connectivity index (χ0n) is 20.5. The summed E-state index contributed by atoms with van der Waals surface area (Å²) in [5.74, 6) is -0.532. The summed E-state index contributed by atoms with van der Waals surface area (Å²) in [5.41, 5.74) is 11.0. The zero-order valence-corrected chi connectivity index (χ0v) is 19.5. The minimum Gasteiger partial charge on any atom is -0.355 e. The van der Waals surface area contributed by atoms with E-state index in [2.05, 4.69) is 110 Å². The van der Waals surface area contributed by atoms with Crippen LogP contribution in [0.2, 0.25) is 0 Å². The summed E-state index contributed by atoms with van der Waals surface area (Å²) in [6.07, 6.45) is 4.11. The first-order chi connectivity index (χ1) is 16.5. The molecule has 33 heavy (non-hydrogen) atoms. The molecule has 0 aliphatic heterocycles. The molecule has 2 aliphatic carbocycles. The van der Waals surface area contributed by atoms with Crippen LogP contribution in [0.5, 0.6) is 0 Å². The van der Waals surface area contributed by atoms with Crippen LogP contribution in [-0.2, 0) is 5.41 Å². The smallest absolute Gasteiger partial charge is 0.0423 e. The predicted molar refractivity (Wildman–Crippen MR) is 140 cm³/mol. The Balaban J connectivity index is 1.49. The van der Waals surface area contributed by atoms with Crippen LogP contribution in [0.4, 0.5) is 11.4 Å². The van der Waals surface area contributed by atoms with E-state index in [0.29, 0.717) is 0 Å². The van der Waals surface area contributed by atoms with Gasteiger partial charge in [-0.15, -0.1) is 0 Å². The van der Waals surface area contributed by atoms with Gasteiger partial charge in [0.05, 0.1) is 0 Å². The van der Waals surface area contributed by atoms with Crippen molar-refractivity contribution in [3.63, 3.8) is 0 Å². The Hall–Kier alpha value is -3.32. The highest BCUT2D eigenvalue weighted by Crippen LogP contribution is 2.52. The van der Waals surface area contributed by atoms with Crippen LogP contribution in [-0.4, -0.2) is 0 Å². The molecule has 0 amide bonds. The van der Waals surface area contributed by atoms with E-state index in [9.17, 15) is 1.37 Å². The third kappa shape index (κ3) is 3.47. The van der Waals surface area contributed by atoms with E-state index in [4.69, 9.17) is 0 Å². The van der Waals surface area contributed by atoms with Gasteiger partial charge in [-0.05, 0) is 81.9 Å². The summed E-state index contributed by atoms with van der Waals surface area (Å²) < 4.78 is 9.41. The molecular weight excluding hydrogens is 398 g/mol. The van der Waals surface area contributed by atoms with Gasteiger partial charge in [-0.3, -0.25) is 0 Å². The monoisotopic (exact) mass is 430 g/mol. The van der Waals surface area contributed by atoms with Crippen LogP contribution >= 0.6 is 0 Å². The molecule has 0 radical (unpaired) electrons. The van der Waals surface area contributed by atoms with Gasteiger partial charge >= 0.3 is 0 Å². The highest BCUT2D eigenvalue weighted by atomic mass is 14.9. The van der Waals surface area contributed by atoms with E-state index in [-0.39, 0.29) is 5.41 Å². The Kier molecular flexibility index (Phi) is 4.60. The first kappa shape index (κ1) is 19.2. The molecule has 0 unspecified atom stereocenters. The molecule has 0 aromatic heterocycles. The standard InChI is InChI=1S/C32H31N/c1-32(2)29-18-9-8-17-26(29)28-20-27(23-13-6-7-14-23)31(21-30(28)32)33-25-16-10-15-24(19-25)22-11-4-3-5-12-22/h3-5,8-12,15-21,23,33H,6-7,13-14H2,1-2H3/i23D. The van der Waals surface area contributed by atoms with Crippen LogP contribution in [0.15, 0.2) is 91.0 Å². The molecule has 0 heterocycles. The normalized spacial score (nSPS) is 17.8. The average molecular weight is 431 g/mol. The number of fused-ring (bicyclic) bond motifs is 3. The van der Waals surface area contributed by atoms with Gasteiger partial charge in [0.1, 0.15) is 0 Å². The molecule has 1 nitrogen and oxygen atoms in total. The maximum absolute atomic E-state index is 9.41. The first-order valence-corrected chi connectivity index (χ1v) is 12.2. The molecular formula is C32H31N. The van der Waals surface area contributed by atoms with Crippen LogP contribution in [0.3, 0.4) is 0 Å². The lowest BCUT2D eigenvalue weighted by atomic mass is 9.81. The molecule has 0 saturated heterocycles. The molecule has 4 aromatic carbocycles. The summed E-state index contributed by atoms with van der Waals surface area (Å²) in [5, 5.41) is 3.76. The SMILES string of the molecule is [2H]C1(c2cc3c(cc2Nc2cccc(-c4ccccc4)c2)C(C)(C)c2ccccc2-3)CCCC1. The Morgan fingerprint density at radius 1 is 0.727 bits per heavy atom. The fraction of sp³-hybridized carbons (Fsp3) is 0.250. The predicted octanol–water partition coefficient (Wildman–Crippen LogP) is 9.06. The fourth-order valence-corrected chi connectivity index (χ4v) is 5.78. The summed E-state index contributed by atoms with van der Waals surface area (Å²) in [7, 11) is 0. The molecule has 1 heteroatoms. The number of rotatable bonds is 4. The Bertz CT molecular complexity index is 1360. The van der Waals surface area contributed by atoms with Gasteiger partial charge in [0.25, 0.3) is 0 Å². The minimum atomic E-state index is -0.532. The third-order valence-electron chi connectivity index (χ3n) is 7.56. The van der Waals surface area contributed by atoms with Gasteiger partial charge in [-0.25, -0.2) is 0 Å². The lowest BCUT2D eigenvalue weighted by Crippen LogP contribution is -2.15. The summed E-state index contributed by atoms with van der Waals surface area (Å²) in [4.78, 5) is 0. The maximum Gasteiger partial charge on any atom is 0.0423 e. The molecule has 164 valence electrons. The second-order valence-corrected chi connectivity index (χ2v) is 10.00. The van der Waals surface area contributed by atoms with E-state index in [1.54, 1.807) is 0 Å². The van der Waals surface area contributed by atoms with Crippen LogP contribution in [0, 0.1) is 0 Å². The average Bonchev–Trinajstić information content (AvgIpc) is 3.40. The first-order valence-electron chi connectivity index (χ1n) is 12.7. The van der Waals surface area contributed by atoms with Crippen molar-refractivity contribution in [3.8, 4) is 22.3 Å².